The first-order chi connectivity index (χ1) is 8.61. The van der Waals surface area contributed by atoms with Gasteiger partial charge in [0, 0.05) is 13.6 Å². The number of likely N-dealkylation sites (tertiary alicyclic amines) is 1. The van der Waals surface area contributed by atoms with Crippen LogP contribution in [0.15, 0.2) is 6.07 Å². The van der Waals surface area contributed by atoms with E-state index in [-0.39, 0.29) is 6.04 Å². The summed E-state index contributed by atoms with van der Waals surface area (Å²) < 4.78 is 1.98. The highest BCUT2D eigenvalue weighted by molar-refractivity contribution is 7.80. The van der Waals surface area contributed by atoms with Crippen molar-refractivity contribution in [2.45, 2.75) is 45.2 Å². The van der Waals surface area contributed by atoms with Gasteiger partial charge in [0.25, 0.3) is 0 Å². The Bertz CT molecular complexity index is 427. The molecule has 0 radical (unpaired) electrons. The molecule has 1 unspecified atom stereocenters. The van der Waals surface area contributed by atoms with E-state index >= 15 is 0 Å². The zero-order valence-corrected chi connectivity index (χ0v) is 12.0. The van der Waals surface area contributed by atoms with E-state index in [1.165, 1.54) is 18.5 Å². The van der Waals surface area contributed by atoms with Gasteiger partial charge in [-0.1, -0.05) is 25.6 Å². The molecule has 1 saturated heterocycles. The average Bonchev–Trinajstić information content (AvgIpc) is 2.71. The Hall–Kier alpha value is -0.940. The molecule has 0 aromatic carbocycles. The van der Waals surface area contributed by atoms with Crippen molar-refractivity contribution in [2.24, 2.45) is 12.8 Å². The van der Waals surface area contributed by atoms with E-state index in [1.807, 2.05) is 11.7 Å². The Morgan fingerprint density at radius 3 is 2.94 bits per heavy atom. The number of rotatable bonds is 4. The molecule has 1 aromatic heterocycles. The highest BCUT2D eigenvalue weighted by atomic mass is 32.1. The smallest absolute Gasteiger partial charge is 0.0902 e. The monoisotopic (exact) mass is 266 g/mol. The third kappa shape index (κ3) is 2.90. The van der Waals surface area contributed by atoms with Crippen LogP contribution in [0.3, 0.4) is 0 Å². The van der Waals surface area contributed by atoms with Crippen molar-refractivity contribution in [3.63, 3.8) is 0 Å². The lowest BCUT2D eigenvalue weighted by Crippen LogP contribution is -2.46. The maximum atomic E-state index is 5.85. The van der Waals surface area contributed by atoms with Crippen LogP contribution in [0.4, 0.5) is 0 Å². The number of thiocarbonyl (C=S) groups is 1. The van der Waals surface area contributed by atoms with Crippen LogP contribution in [0.25, 0.3) is 0 Å². The largest absolute Gasteiger partial charge is 0.392 e. The molecule has 1 atom stereocenters. The van der Waals surface area contributed by atoms with Gasteiger partial charge in [-0.15, -0.1) is 0 Å². The third-order valence-corrected chi connectivity index (χ3v) is 3.97. The van der Waals surface area contributed by atoms with Crippen molar-refractivity contribution in [1.82, 2.24) is 14.7 Å². The highest BCUT2D eigenvalue weighted by Crippen LogP contribution is 2.20. The number of hydrogen-bond donors (Lipinski definition) is 1. The Balaban J connectivity index is 2.10. The highest BCUT2D eigenvalue weighted by Gasteiger charge is 2.25. The van der Waals surface area contributed by atoms with Gasteiger partial charge in [-0.25, -0.2) is 0 Å². The first-order valence-corrected chi connectivity index (χ1v) is 7.07. The zero-order valence-electron chi connectivity index (χ0n) is 11.2. The second-order valence-corrected chi connectivity index (χ2v) is 5.46. The summed E-state index contributed by atoms with van der Waals surface area (Å²) in [6.45, 7) is 4.10. The summed E-state index contributed by atoms with van der Waals surface area (Å²) in [6.07, 6.45) is 4.53. The molecule has 2 rings (SSSR count). The maximum Gasteiger partial charge on any atom is 0.0902 e. The van der Waals surface area contributed by atoms with Crippen LogP contribution in [0.5, 0.6) is 0 Å². The van der Waals surface area contributed by atoms with Crippen molar-refractivity contribution in [3.8, 4) is 0 Å². The fourth-order valence-corrected chi connectivity index (χ4v) is 2.87. The molecule has 1 aliphatic rings. The van der Waals surface area contributed by atoms with Gasteiger partial charge < -0.3 is 5.73 Å². The van der Waals surface area contributed by atoms with E-state index in [2.05, 4.69) is 23.0 Å². The van der Waals surface area contributed by atoms with Crippen LogP contribution in [-0.4, -0.2) is 32.3 Å². The molecular weight excluding hydrogens is 244 g/mol. The number of nitrogens with zero attached hydrogens (tertiary/aromatic N) is 3. The first-order valence-electron chi connectivity index (χ1n) is 6.67. The first kappa shape index (κ1) is 13.5. The van der Waals surface area contributed by atoms with Crippen molar-refractivity contribution in [2.75, 3.05) is 6.54 Å². The Kier molecular flexibility index (Phi) is 4.35. The minimum absolute atomic E-state index is 0.258. The molecule has 2 heterocycles. The molecule has 1 aliphatic heterocycles. The van der Waals surface area contributed by atoms with E-state index in [1.54, 1.807) is 0 Å². The fourth-order valence-electron chi connectivity index (χ4n) is 2.60. The maximum absolute atomic E-state index is 5.85. The van der Waals surface area contributed by atoms with Gasteiger partial charge in [0.2, 0.25) is 0 Å². The van der Waals surface area contributed by atoms with Gasteiger partial charge in [0.1, 0.15) is 0 Å². The van der Waals surface area contributed by atoms with Crippen LogP contribution in [-0.2, 0) is 20.0 Å². The molecular formula is C13H22N4S. The normalized spacial score (nSPS) is 21.1. The quantitative estimate of drug-likeness (QED) is 0.841. The van der Waals surface area contributed by atoms with Gasteiger partial charge in [0.15, 0.2) is 0 Å². The second kappa shape index (κ2) is 5.80. The molecule has 5 heteroatoms. The molecule has 100 valence electrons. The summed E-state index contributed by atoms with van der Waals surface area (Å²) >= 11 is 5.18. The minimum atomic E-state index is 0.258. The summed E-state index contributed by atoms with van der Waals surface area (Å²) in [5, 5.41) is 4.49. The lowest BCUT2D eigenvalue weighted by atomic mass is 10.0. The lowest BCUT2D eigenvalue weighted by Gasteiger charge is -2.34. The molecule has 0 bridgehead atoms. The van der Waals surface area contributed by atoms with Crippen molar-refractivity contribution in [3.05, 3.63) is 17.5 Å². The second-order valence-electron chi connectivity index (χ2n) is 4.99. The van der Waals surface area contributed by atoms with Crippen molar-refractivity contribution < 1.29 is 0 Å². The fraction of sp³-hybridized carbons (Fsp3) is 0.692. The van der Waals surface area contributed by atoms with Crippen LogP contribution in [0.2, 0.25) is 0 Å². The van der Waals surface area contributed by atoms with E-state index in [0.717, 1.165) is 31.6 Å². The predicted octanol–water partition coefficient (Wildman–Crippen LogP) is 1.62. The molecule has 1 fully saturated rings. The minimum Gasteiger partial charge on any atom is -0.392 e. The van der Waals surface area contributed by atoms with Gasteiger partial charge in [-0.2, -0.15) is 5.10 Å². The van der Waals surface area contributed by atoms with Gasteiger partial charge in [0.05, 0.1) is 22.4 Å². The summed E-state index contributed by atoms with van der Waals surface area (Å²) in [7, 11) is 2.01. The molecule has 0 saturated carbocycles. The Morgan fingerprint density at radius 1 is 1.56 bits per heavy atom. The van der Waals surface area contributed by atoms with Crippen LogP contribution >= 0.6 is 12.2 Å². The average molecular weight is 266 g/mol. The summed E-state index contributed by atoms with van der Waals surface area (Å²) in [5.41, 5.74) is 8.24. The SMILES string of the molecule is CCc1cc(CN2CCCCC2C(N)=S)n(C)n1. The number of hydrogen-bond acceptors (Lipinski definition) is 3. The van der Waals surface area contributed by atoms with Crippen molar-refractivity contribution >= 4 is 17.2 Å². The Labute approximate surface area is 114 Å². The topological polar surface area (TPSA) is 47.1 Å². The zero-order chi connectivity index (χ0) is 13.1. The van der Waals surface area contributed by atoms with E-state index in [0.29, 0.717) is 4.99 Å². The Morgan fingerprint density at radius 2 is 2.33 bits per heavy atom. The molecule has 0 aliphatic carbocycles. The van der Waals surface area contributed by atoms with Gasteiger partial charge in [-0.3, -0.25) is 9.58 Å². The predicted molar refractivity (Wildman–Crippen MR) is 77.4 cm³/mol. The molecule has 0 spiro atoms. The van der Waals surface area contributed by atoms with Gasteiger partial charge in [-0.05, 0) is 31.9 Å². The van der Waals surface area contributed by atoms with E-state index in [4.69, 9.17) is 18.0 Å². The number of aromatic nitrogens is 2. The van der Waals surface area contributed by atoms with E-state index < -0.39 is 0 Å². The molecule has 1 aromatic rings. The number of nitrogens with two attached hydrogens (primary N) is 1. The summed E-state index contributed by atoms with van der Waals surface area (Å²) in [4.78, 5) is 3.02. The van der Waals surface area contributed by atoms with Crippen LogP contribution in [0.1, 0.15) is 37.6 Å². The third-order valence-electron chi connectivity index (χ3n) is 3.70. The summed E-state index contributed by atoms with van der Waals surface area (Å²) in [6, 6.07) is 2.44. The molecule has 2 N–H and O–H groups in total. The molecule has 4 nitrogen and oxygen atoms in total. The number of aryl methyl sites for hydroxylation is 2. The lowest BCUT2D eigenvalue weighted by molar-refractivity contribution is 0.180. The van der Waals surface area contributed by atoms with E-state index in [9.17, 15) is 0 Å². The molecule has 18 heavy (non-hydrogen) atoms. The standard InChI is InChI=1S/C13H22N4S/c1-3-10-8-11(16(2)15-10)9-17-7-5-4-6-12(17)13(14)18/h8,12H,3-7,9H2,1-2H3,(H2,14,18). The van der Waals surface area contributed by atoms with Crippen LogP contribution < -0.4 is 5.73 Å². The van der Waals surface area contributed by atoms with Gasteiger partial charge >= 0.3 is 0 Å². The number of piperidine rings is 1. The van der Waals surface area contributed by atoms with Crippen LogP contribution in [0, 0.1) is 0 Å². The molecule has 0 amide bonds. The van der Waals surface area contributed by atoms with Crippen molar-refractivity contribution in [1.29, 1.82) is 0 Å². The summed E-state index contributed by atoms with van der Waals surface area (Å²) in [5.74, 6) is 0.